The van der Waals surface area contributed by atoms with Crippen LogP contribution in [0, 0.1) is 0 Å². The van der Waals surface area contributed by atoms with Crippen LogP contribution >= 0.6 is 12.2 Å². The van der Waals surface area contributed by atoms with Crippen molar-refractivity contribution in [3.8, 4) is 28.4 Å². The molecule has 9 heteroatoms. The van der Waals surface area contributed by atoms with Gasteiger partial charge in [0.15, 0.2) is 11.7 Å². The van der Waals surface area contributed by atoms with Gasteiger partial charge >= 0.3 is 0 Å². The monoisotopic (exact) mass is 541 g/mol. The van der Waals surface area contributed by atoms with Crippen LogP contribution in [0.2, 0.25) is 0 Å². The van der Waals surface area contributed by atoms with Crippen LogP contribution in [-0.2, 0) is 4.79 Å². The van der Waals surface area contributed by atoms with E-state index in [2.05, 4.69) is 16.2 Å². The van der Waals surface area contributed by atoms with Crippen LogP contribution in [0.1, 0.15) is 10.4 Å². The van der Waals surface area contributed by atoms with Crippen molar-refractivity contribution in [3.63, 3.8) is 0 Å². The predicted octanol–water partition coefficient (Wildman–Crippen LogP) is 4.53. The highest BCUT2D eigenvalue weighted by Gasteiger charge is 2.14. The number of hydrazine groups is 1. The summed E-state index contributed by atoms with van der Waals surface area (Å²) in [6.07, 6.45) is 0. The Morgan fingerprint density at radius 2 is 1.26 bits per heavy atom. The highest BCUT2D eigenvalue weighted by atomic mass is 32.1. The topological polar surface area (TPSA) is 97.9 Å². The second kappa shape index (κ2) is 14.2. The van der Waals surface area contributed by atoms with E-state index in [1.807, 2.05) is 78.9 Å². The number of thiocarbonyl (C=S) groups is 1. The first kappa shape index (κ1) is 27.2. The van der Waals surface area contributed by atoms with Crippen molar-refractivity contribution in [2.24, 2.45) is 0 Å². The number of carbonyl (C=O) groups excluding carboxylic acids is 2. The molecule has 0 bridgehead atoms. The first-order chi connectivity index (χ1) is 19.1. The van der Waals surface area contributed by atoms with Gasteiger partial charge in [0.05, 0.1) is 5.56 Å². The summed E-state index contributed by atoms with van der Waals surface area (Å²) in [6, 6.07) is 33.3. The van der Waals surface area contributed by atoms with Gasteiger partial charge in [0.1, 0.15) is 30.5 Å². The Labute approximate surface area is 231 Å². The molecule has 3 N–H and O–H groups in total. The first-order valence-corrected chi connectivity index (χ1v) is 12.6. The standard InChI is InChI=1S/C30H27N3O5S/c34-28(21-38-26-17-9-7-15-24(26)22-11-3-1-4-12-22)32-33-30(39)31-29(35)25-16-8-10-18-27(25)37-20-19-36-23-13-5-2-6-14-23/h1-18H,19-21H2,(H,32,34)(H2,31,33,35,39). The molecular formula is C30H27N3O5S. The number of ether oxygens (including phenoxy) is 3. The fraction of sp³-hybridized carbons (Fsp3) is 0.100. The third-order valence-electron chi connectivity index (χ3n) is 5.36. The lowest BCUT2D eigenvalue weighted by molar-refractivity contribution is -0.123. The van der Waals surface area contributed by atoms with Crippen molar-refractivity contribution in [3.05, 3.63) is 115 Å². The van der Waals surface area contributed by atoms with Crippen LogP contribution < -0.4 is 30.4 Å². The molecule has 0 saturated carbocycles. The molecule has 4 aromatic rings. The molecule has 4 rings (SSSR count). The normalized spacial score (nSPS) is 10.2. The van der Waals surface area contributed by atoms with Crippen molar-refractivity contribution in [2.75, 3.05) is 19.8 Å². The molecule has 0 spiro atoms. The second-order valence-electron chi connectivity index (χ2n) is 8.11. The Kier molecular flexibility index (Phi) is 9.85. The molecular weight excluding hydrogens is 514 g/mol. The van der Waals surface area contributed by atoms with E-state index in [4.69, 9.17) is 26.4 Å². The molecule has 4 aromatic carbocycles. The number of amides is 2. The smallest absolute Gasteiger partial charge is 0.276 e. The summed E-state index contributed by atoms with van der Waals surface area (Å²) >= 11 is 5.16. The maximum Gasteiger partial charge on any atom is 0.276 e. The highest BCUT2D eigenvalue weighted by molar-refractivity contribution is 7.80. The van der Waals surface area contributed by atoms with E-state index in [1.165, 1.54) is 0 Å². The van der Waals surface area contributed by atoms with Crippen LogP contribution in [0.15, 0.2) is 109 Å². The van der Waals surface area contributed by atoms with Crippen molar-refractivity contribution in [1.29, 1.82) is 0 Å². The molecule has 0 aromatic heterocycles. The number of benzene rings is 4. The SMILES string of the molecule is O=C(COc1ccccc1-c1ccccc1)NNC(=S)NC(=O)c1ccccc1OCCOc1ccccc1. The van der Waals surface area contributed by atoms with Gasteiger partial charge in [0, 0.05) is 5.56 Å². The maximum absolute atomic E-state index is 12.8. The van der Waals surface area contributed by atoms with Gasteiger partial charge in [0.25, 0.3) is 11.8 Å². The van der Waals surface area contributed by atoms with Gasteiger partial charge in [-0.25, -0.2) is 0 Å². The number of para-hydroxylation sites is 3. The van der Waals surface area contributed by atoms with Gasteiger partial charge in [-0.3, -0.25) is 25.8 Å². The molecule has 0 aliphatic heterocycles. The minimum atomic E-state index is -0.491. The summed E-state index contributed by atoms with van der Waals surface area (Å²) in [6.45, 7) is 0.296. The van der Waals surface area contributed by atoms with E-state index >= 15 is 0 Å². The summed E-state index contributed by atoms with van der Waals surface area (Å²) < 4.78 is 17.1. The fourth-order valence-corrected chi connectivity index (χ4v) is 3.71. The zero-order valence-corrected chi connectivity index (χ0v) is 21.8. The quantitative estimate of drug-likeness (QED) is 0.154. The minimum Gasteiger partial charge on any atom is -0.490 e. The molecule has 39 heavy (non-hydrogen) atoms. The van der Waals surface area contributed by atoms with Gasteiger partial charge in [-0.15, -0.1) is 0 Å². The maximum atomic E-state index is 12.8. The average molecular weight is 542 g/mol. The lowest BCUT2D eigenvalue weighted by atomic mass is 10.1. The first-order valence-electron chi connectivity index (χ1n) is 12.2. The summed E-state index contributed by atoms with van der Waals surface area (Å²) in [4.78, 5) is 25.1. The second-order valence-corrected chi connectivity index (χ2v) is 8.52. The zero-order chi connectivity index (χ0) is 27.3. The van der Waals surface area contributed by atoms with E-state index in [1.54, 1.807) is 30.3 Å². The van der Waals surface area contributed by atoms with Gasteiger partial charge in [-0.05, 0) is 48.1 Å². The average Bonchev–Trinajstić information content (AvgIpc) is 2.98. The molecule has 2 amide bonds. The molecule has 0 aliphatic rings. The third-order valence-corrected chi connectivity index (χ3v) is 5.56. The van der Waals surface area contributed by atoms with E-state index in [9.17, 15) is 9.59 Å². The molecule has 0 unspecified atom stereocenters. The molecule has 0 atom stereocenters. The Morgan fingerprint density at radius 3 is 2.03 bits per heavy atom. The van der Waals surface area contributed by atoms with Crippen LogP contribution in [0.25, 0.3) is 11.1 Å². The van der Waals surface area contributed by atoms with Crippen LogP contribution in [0.4, 0.5) is 0 Å². The van der Waals surface area contributed by atoms with Crippen LogP contribution in [0.5, 0.6) is 17.2 Å². The molecule has 8 nitrogen and oxygen atoms in total. The van der Waals surface area contributed by atoms with E-state index in [0.29, 0.717) is 18.1 Å². The molecule has 0 heterocycles. The van der Waals surface area contributed by atoms with Gasteiger partial charge < -0.3 is 14.2 Å². The molecule has 198 valence electrons. The number of nitrogens with one attached hydrogen (secondary N) is 3. The Hall–Kier alpha value is -4.89. The molecule has 0 fully saturated rings. The van der Waals surface area contributed by atoms with Gasteiger partial charge in [0.2, 0.25) is 0 Å². The van der Waals surface area contributed by atoms with Crippen molar-refractivity contribution in [1.82, 2.24) is 16.2 Å². The van der Waals surface area contributed by atoms with E-state index < -0.39 is 11.8 Å². The minimum absolute atomic E-state index is 0.0831. The Balaban J connectivity index is 1.22. The molecule has 0 radical (unpaired) electrons. The third kappa shape index (κ3) is 8.31. The lowest BCUT2D eigenvalue weighted by Crippen LogP contribution is -2.49. The van der Waals surface area contributed by atoms with Crippen molar-refractivity contribution in [2.45, 2.75) is 0 Å². The van der Waals surface area contributed by atoms with Gasteiger partial charge in [-0.1, -0.05) is 78.9 Å². The molecule has 0 saturated heterocycles. The lowest BCUT2D eigenvalue weighted by Gasteiger charge is -2.14. The number of hydrogen-bond acceptors (Lipinski definition) is 6. The zero-order valence-electron chi connectivity index (χ0n) is 21.0. The Morgan fingerprint density at radius 1 is 0.641 bits per heavy atom. The van der Waals surface area contributed by atoms with E-state index in [0.717, 1.165) is 16.9 Å². The Bertz CT molecular complexity index is 1400. The summed E-state index contributed by atoms with van der Waals surface area (Å²) in [5.41, 5.74) is 7.07. The highest BCUT2D eigenvalue weighted by Crippen LogP contribution is 2.29. The van der Waals surface area contributed by atoms with E-state index in [-0.39, 0.29) is 23.9 Å². The summed E-state index contributed by atoms with van der Waals surface area (Å²) in [7, 11) is 0. The van der Waals surface area contributed by atoms with Crippen LogP contribution in [0.3, 0.4) is 0 Å². The number of carbonyl (C=O) groups is 2. The number of hydrogen-bond donors (Lipinski definition) is 3. The van der Waals surface area contributed by atoms with Crippen molar-refractivity contribution >= 4 is 29.1 Å². The summed E-state index contributed by atoms with van der Waals surface area (Å²) in [5.74, 6) is 0.715. The largest absolute Gasteiger partial charge is 0.490 e. The van der Waals surface area contributed by atoms with Gasteiger partial charge in [-0.2, -0.15) is 0 Å². The fourth-order valence-electron chi connectivity index (χ4n) is 3.56. The van der Waals surface area contributed by atoms with Crippen molar-refractivity contribution < 1.29 is 23.8 Å². The summed E-state index contributed by atoms with van der Waals surface area (Å²) in [5, 5.41) is 2.44. The predicted molar refractivity (Wildman–Crippen MR) is 153 cm³/mol. The molecule has 0 aliphatic carbocycles. The number of rotatable bonds is 10. The van der Waals surface area contributed by atoms with Crippen LogP contribution in [-0.4, -0.2) is 36.7 Å².